The Morgan fingerprint density at radius 3 is 2.43 bits per heavy atom. The molecule has 1 aromatic carbocycles. The van der Waals surface area contributed by atoms with Gasteiger partial charge in [-0.05, 0) is 26.0 Å². The van der Waals surface area contributed by atoms with E-state index in [0.29, 0.717) is 6.07 Å². The maximum atomic E-state index is 13.3. The summed E-state index contributed by atoms with van der Waals surface area (Å²) in [4.78, 5) is 2.85. The molecule has 2 N–H and O–H groups in total. The molecular weight excluding hydrogens is 415 g/mol. The molecule has 30 heavy (non-hydrogen) atoms. The summed E-state index contributed by atoms with van der Waals surface area (Å²) in [7, 11) is 0. The molecule has 6 nitrogen and oxygen atoms in total. The summed E-state index contributed by atoms with van der Waals surface area (Å²) in [6.45, 7) is 6.74. The van der Waals surface area contributed by atoms with Crippen molar-refractivity contribution in [1.29, 1.82) is 0 Å². The van der Waals surface area contributed by atoms with Crippen molar-refractivity contribution in [3.8, 4) is 17.4 Å². The van der Waals surface area contributed by atoms with Crippen molar-refractivity contribution in [2.75, 3.05) is 0 Å². The highest BCUT2D eigenvalue weighted by Crippen LogP contribution is 2.65. The van der Waals surface area contributed by atoms with Gasteiger partial charge in [0.05, 0.1) is 40.7 Å². The number of alkyl halides is 5. The third kappa shape index (κ3) is 2.60. The number of nitrogens with zero attached hydrogens (tertiary/aromatic N) is 2. The van der Waals surface area contributed by atoms with E-state index in [1.165, 1.54) is 13.8 Å². The molecule has 2 aromatic rings. The monoisotopic (exact) mass is 430 g/mol. The fourth-order valence-electron chi connectivity index (χ4n) is 4.54. The Kier molecular flexibility index (Phi) is 4.15. The zero-order chi connectivity index (χ0) is 22.2. The quantitative estimate of drug-likeness (QED) is 0.535. The number of hydrogen-bond donors (Lipinski definition) is 2. The van der Waals surface area contributed by atoms with E-state index in [0.717, 1.165) is 16.7 Å². The molecule has 0 saturated carbocycles. The molecule has 0 radical (unpaired) electrons. The number of aromatic hydroxyl groups is 2. The summed E-state index contributed by atoms with van der Waals surface area (Å²) in [5.41, 5.74) is -4.90. The van der Waals surface area contributed by atoms with Crippen molar-refractivity contribution < 1.29 is 41.6 Å². The number of fused-ring (bicyclic) bond motifs is 5. The first-order valence-corrected chi connectivity index (χ1v) is 8.74. The van der Waals surface area contributed by atoms with Gasteiger partial charge in [0, 0.05) is 6.42 Å². The van der Waals surface area contributed by atoms with Crippen molar-refractivity contribution >= 4 is 5.69 Å². The number of hydrogen-bond acceptors (Lipinski definition) is 4. The maximum Gasteiger partial charge on any atom is 0.407 e. The molecule has 1 saturated heterocycles. The van der Waals surface area contributed by atoms with E-state index in [2.05, 4.69) is 9.58 Å². The summed E-state index contributed by atoms with van der Waals surface area (Å²) >= 11 is 0. The first kappa shape index (κ1) is 20.4. The van der Waals surface area contributed by atoms with Gasteiger partial charge in [-0.25, -0.2) is 4.85 Å². The second-order valence-corrected chi connectivity index (χ2v) is 7.57. The van der Waals surface area contributed by atoms with Gasteiger partial charge in [-0.1, -0.05) is 6.07 Å². The van der Waals surface area contributed by atoms with Crippen LogP contribution in [0.4, 0.5) is 27.6 Å². The van der Waals surface area contributed by atoms with Crippen molar-refractivity contribution in [3.63, 3.8) is 0 Å². The first-order chi connectivity index (χ1) is 13.8. The van der Waals surface area contributed by atoms with E-state index in [1.54, 1.807) is 0 Å². The Balaban J connectivity index is 1.91. The fourth-order valence-corrected chi connectivity index (χ4v) is 4.54. The van der Waals surface area contributed by atoms with Crippen LogP contribution in [-0.2, 0) is 26.9 Å². The second-order valence-electron chi connectivity index (χ2n) is 7.57. The lowest BCUT2D eigenvalue weighted by molar-refractivity contribution is -0.198. The van der Waals surface area contributed by atoms with Gasteiger partial charge < -0.3 is 19.7 Å². The van der Waals surface area contributed by atoms with Crippen LogP contribution in [0.5, 0.6) is 11.8 Å². The van der Waals surface area contributed by atoms with Crippen LogP contribution in [0, 0.1) is 6.57 Å². The Bertz CT molecular complexity index is 1090. The third-order valence-corrected chi connectivity index (χ3v) is 5.70. The molecule has 11 heteroatoms. The predicted octanol–water partition coefficient (Wildman–Crippen LogP) is 4.93. The van der Waals surface area contributed by atoms with Crippen molar-refractivity contribution in [1.82, 2.24) is 4.57 Å². The van der Waals surface area contributed by atoms with Crippen LogP contribution in [-0.4, -0.2) is 27.5 Å². The molecule has 2 aliphatic heterocycles. The summed E-state index contributed by atoms with van der Waals surface area (Å²) in [5, 5.41) is 21.6. The smallest absolute Gasteiger partial charge is 0.407 e. The maximum absolute atomic E-state index is 13.3. The number of aromatic nitrogens is 1. The van der Waals surface area contributed by atoms with Crippen LogP contribution >= 0.6 is 0 Å². The van der Waals surface area contributed by atoms with Gasteiger partial charge in [-0.2, -0.15) is 22.0 Å². The lowest BCUT2D eigenvalue weighted by Crippen LogP contribution is -2.36. The van der Waals surface area contributed by atoms with E-state index < -0.39 is 53.1 Å². The molecule has 3 atom stereocenters. The topological polar surface area (TPSA) is 68.2 Å². The molecule has 0 aliphatic carbocycles. The van der Waals surface area contributed by atoms with Crippen molar-refractivity contribution in [2.45, 2.75) is 50.4 Å². The summed E-state index contributed by atoms with van der Waals surface area (Å²) in [5.74, 6) is -1.23. The third-order valence-electron chi connectivity index (χ3n) is 5.70. The van der Waals surface area contributed by atoms with E-state index in [-0.39, 0.29) is 23.2 Å². The molecule has 4 rings (SSSR count). The van der Waals surface area contributed by atoms with Gasteiger partial charge in [-0.3, -0.25) is 4.57 Å². The minimum atomic E-state index is -4.84. The molecule has 160 valence electrons. The van der Waals surface area contributed by atoms with Gasteiger partial charge in [-0.15, -0.1) is 0 Å². The molecule has 0 amide bonds. The van der Waals surface area contributed by atoms with Gasteiger partial charge in [0.2, 0.25) is 11.8 Å². The Morgan fingerprint density at radius 1 is 1.23 bits per heavy atom. The van der Waals surface area contributed by atoms with Gasteiger partial charge in [0.1, 0.15) is 5.60 Å². The van der Waals surface area contributed by atoms with E-state index >= 15 is 0 Å². The van der Waals surface area contributed by atoms with E-state index in [9.17, 15) is 32.2 Å². The van der Waals surface area contributed by atoms with Crippen LogP contribution in [0.2, 0.25) is 0 Å². The SMILES string of the molecule is [C-]#[N+]c1ccc(-n2c(O)c3c(c2O)C2(C)OC3(C)C[C@H]2OC(F)F)cc1C(F)(F)F. The standard InChI is InChI=1S/C19H15F5N2O4/c1-17-7-11(29-16(20)21)18(2,30-17)13-12(17)14(27)26(15(13)28)8-4-5-10(25-3)9(6-8)19(22,23)24/h4-6,11,16,27-28H,7H2,1-2H3/t11-,17?,18?/m1/s1. The number of ether oxygens (including phenoxy) is 2. The highest BCUT2D eigenvalue weighted by molar-refractivity contribution is 5.64. The molecule has 0 spiro atoms. The number of rotatable bonds is 3. The van der Waals surface area contributed by atoms with Crippen LogP contribution in [0.25, 0.3) is 10.5 Å². The molecule has 2 aliphatic rings. The molecule has 3 heterocycles. The van der Waals surface area contributed by atoms with Crippen LogP contribution in [0.3, 0.4) is 0 Å². The zero-order valence-electron chi connectivity index (χ0n) is 15.6. The molecule has 2 unspecified atom stereocenters. The zero-order valence-corrected chi connectivity index (χ0v) is 15.6. The largest absolute Gasteiger partial charge is 0.494 e. The average Bonchev–Trinajstić information content (AvgIpc) is 3.14. The number of halogens is 5. The molecule has 1 aromatic heterocycles. The average molecular weight is 430 g/mol. The second kappa shape index (κ2) is 6.09. The number of benzene rings is 1. The van der Waals surface area contributed by atoms with Gasteiger partial charge in [0.15, 0.2) is 5.69 Å². The first-order valence-electron chi connectivity index (χ1n) is 8.74. The van der Waals surface area contributed by atoms with E-state index in [1.807, 2.05) is 0 Å². The minimum absolute atomic E-state index is 0.0257. The predicted molar refractivity (Wildman–Crippen MR) is 91.6 cm³/mol. The molecule has 1 fully saturated rings. The summed E-state index contributed by atoms with van der Waals surface area (Å²) in [6.07, 6.45) is -6.04. The highest BCUT2D eigenvalue weighted by atomic mass is 19.4. The van der Waals surface area contributed by atoms with Crippen LogP contribution in [0.15, 0.2) is 18.2 Å². The minimum Gasteiger partial charge on any atom is -0.494 e. The van der Waals surface area contributed by atoms with Crippen molar-refractivity contribution in [3.05, 3.63) is 46.3 Å². The molecule has 2 bridgehead atoms. The van der Waals surface area contributed by atoms with Crippen LogP contribution in [0.1, 0.15) is 37.0 Å². The lowest BCUT2D eigenvalue weighted by Gasteiger charge is -2.29. The summed E-state index contributed by atoms with van der Waals surface area (Å²) < 4.78 is 76.9. The van der Waals surface area contributed by atoms with Gasteiger partial charge in [0.25, 0.3) is 0 Å². The normalized spacial score (nSPS) is 27.5. The van der Waals surface area contributed by atoms with Crippen LogP contribution < -0.4 is 0 Å². The Labute approximate surface area is 166 Å². The summed E-state index contributed by atoms with van der Waals surface area (Å²) in [6, 6.07) is 2.69. The van der Waals surface area contributed by atoms with Gasteiger partial charge >= 0.3 is 12.8 Å². The Hall–Kier alpha value is -2.84. The lowest BCUT2D eigenvalue weighted by atomic mass is 9.78. The molecular formula is C19H15F5N2O4. The fraction of sp³-hybridized carbons (Fsp3) is 0.421. The van der Waals surface area contributed by atoms with E-state index in [4.69, 9.17) is 11.3 Å². The Morgan fingerprint density at radius 2 is 1.87 bits per heavy atom. The highest BCUT2D eigenvalue weighted by Gasteiger charge is 2.65. The van der Waals surface area contributed by atoms with Crippen molar-refractivity contribution in [2.24, 2.45) is 0 Å².